The minimum atomic E-state index is -2.11. The van der Waals surface area contributed by atoms with Gasteiger partial charge in [-0.05, 0) is 75.2 Å². The van der Waals surface area contributed by atoms with E-state index in [0.29, 0.717) is 13.0 Å². The quantitative estimate of drug-likeness (QED) is 0.237. The van der Waals surface area contributed by atoms with E-state index in [1.165, 1.54) is 25.7 Å². The number of carboxylic acids is 1. The number of rotatable bonds is 15. The van der Waals surface area contributed by atoms with Crippen LogP contribution in [0.1, 0.15) is 63.9 Å². The number of hydrogen-bond acceptors (Lipinski definition) is 5. The van der Waals surface area contributed by atoms with E-state index >= 15 is 0 Å². The maximum Gasteiger partial charge on any atom is 0.321 e. The molecule has 7 nitrogen and oxygen atoms in total. The predicted molar refractivity (Wildman–Crippen MR) is 124 cm³/mol. The molecule has 2 rings (SSSR count). The summed E-state index contributed by atoms with van der Waals surface area (Å²) in [5.41, 5.74) is 0.844. The molecule has 1 aromatic carbocycles. The SMILES string of the molecule is CCCCC(NC(Cc1ccc(OCCCCC2CCNCC2)cc1)C(=O)O)S(=O)O. The Kier molecular flexibility index (Phi) is 12.1. The van der Waals surface area contributed by atoms with Crippen molar-refractivity contribution in [1.82, 2.24) is 10.6 Å². The summed E-state index contributed by atoms with van der Waals surface area (Å²) in [6, 6.07) is 6.53. The van der Waals surface area contributed by atoms with E-state index in [1.54, 1.807) is 0 Å². The van der Waals surface area contributed by atoms with E-state index in [-0.39, 0.29) is 6.42 Å². The highest BCUT2D eigenvalue weighted by Gasteiger charge is 2.24. The molecule has 1 aliphatic heterocycles. The van der Waals surface area contributed by atoms with E-state index in [4.69, 9.17) is 4.74 Å². The van der Waals surface area contributed by atoms with Crippen LogP contribution in [-0.4, -0.2) is 50.9 Å². The van der Waals surface area contributed by atoms with Gasteiger partial charge in [-0.25, -0.2) is 4.21 Å². The lowest BCUT2D eigenvalue weighted by atomic mass is 9.93. The molecule has 0 amide bonds. The zero-order valence-corrected chi connectivity index (χ0v) is 19.4. The first-order valence-electron chi connectivity index (χ1n) is 11.5. The van der Waals surface area contributed by atoms with Crippen molar-refractivity contribution in [3.63, 3.8) is 0 Å². The van der Waals surface area contributed by atoms with Crippen LogP contribution in [-0.2, 0) is 22.3 Å². The average molecular weight is 455 g/mol. The zero-order chi connectivity index (χ0) is 22.5. The molecule has 1 aromatic rings. The van der Waals surface area contributed by atoms with Crippen LogP contribution in [0, 0.1) is 5.92 Å². The molecular formula is C23H38N2O5S. The average Bonchev–Trinajstić information content (AvgIpc) is 2.77. The Bertz CT molecular complexity index is 664. The van der Waals surface area contributed by atoms with Crippen LogP contribution in [0.5, 0.6) is 5.75 Å². The fraction of sp³-hybridized carbons (Fsp3) is 0.696. The van der Waals surface area contributed by atoms with Crippen molar-refractivity contribution in [2.75, 3.05) is 19.7 Å². The first-order valence-corrected chi connectivity index (χ1v) is 12.7. The molecule has 0 aliphatic carbocycles. The maximum absolute atomic E-state index is 11.6. The minimum Gasteiger partial charge on any atom is -0.494 e. The summed E-state index contributed by atoms with van der Waals surface area (Å²) in [6.07, 6.45) is 8.40. The second-order valence-corrected chi connectivity index (χ2v) is 9.47. The normalized spacial score (nSPS) is 17.7. The molecule has 0 aromatic heterocycles. The molecule has 3 unspecified atom stereocenters. The predicted octanol–water partition coefficient (Wildman–Crippen LogP) is 3.56. The largest absolute Gasteiger partial charge is 0.494 e. The zero-order valence-electron chi connectivity index (χ0n) is 18.6. The number of carbonyl (C=O) groups is 1. The summed E-state index contributed by atoms with van der Waals surface area (Å²) in [6.45, 7) is 4.96. The summed E-state index contributed by atoms with van der Waals surface area (Å²) in [7, 11) is 0. The molecule has 1 aliphatic rings. The first-order chi connectivity index (χ1) is 15.0. The number of unbranched alkanes of at least 4 members (excludes halogenated alkanes) is 2. The van der Waals surface area contributed by atoms with E-state index in [9.17, 15) is 18.7 Å². The van der Waals surface area contributed by atoms with Gasteiger partial charge in [-0.1, -0.05) is 38.3 Å². The third-order valence-electron chi connectivity index (χ3n) is 5.85. The van der Waals surface area contributed by atoms with Crippen molar-refractivity contribution in [3.8, 4) is 5.75 Å². The lowest BCUT2D eigenvalue weighted by molar-refractivity contribution is -0.139. The topological polar surface area (TPSA) is 108 Å². The molecule has 31 heavy (non-hydrogen) atoms. The molecule has 176 valence electrons. The van der Waals surface area contributed by atoms with Crippen LogP contribution < -0.4 is 15.4 Å². The Morgan fingerprint density at radius 3 is 2.55 bits per heavy atom. The molecule has 1 saturated heterocycles. The molecule has 3 atom stereocenters. The van der Waals surface area contributed by atoms with Gasteiger partial charge < -0.3 is 19.7 Å². The van der Waals surface area contributed by atoms with Gasteiger partial charge in [0.05, 0.1) is 6.61 Å². The molecule has 1 heterocycles. The Balaban J connectivity index is 1.75. The lowest BCUT2D eigenvalue weighted by Gasteiger charge is -2.22. The molecule has 0 saturated carbocycles. The van der Waals surface area contributed by atoms with Gasteiger partial charge in [-0.3, -0.25) is 10.1 Å². The molecule has 8 heteroatoms. The molecule has 1 fully saturated rings. The summed E-state index contributed by atoms with van der Waals surface area (Å²) >= 11 is -2.11. The number of aliphatic carboxylic acids is 1. The third-order valence-corrected chi connectivity index (χ3v) is 6.70. The highest BCUT2D eigenvalue weighted by molar-refractivity contribution is 7.79. The van der Waals surface area contributed by atoms with Crippen LogP contribution in [0.15, 0.2) is 24.3 Å². The molecule has 0 radical (unpaired) electrons. The number of nitrogens with one attached hydrogen (secondary N) is 2. The van der Waals surface area contributed by atoms with Crippen molar-refractivity contribution in [3.05, 3.63) is 29.8 Å². The number of ether oxygens (including phenoxy) is 1. The van der Waals surface area contributed by atoms with Crippen LogP contribution in [0.3, 0.4) is 0 Å². The highest BCUT2D eigenvalue weighted by atomic mass is 32.2. The molecule has 4 N–H and O–H groups in total. The van der Waals surface area contributed by atoms with E-state index < -0.39 is 28.5 Å². The smallest absolute Gasteiger partial charge is 0.321 e. The molecule has 0 spiro atoms. The van der Waals surface area contributed by atoms with Gasteiger partial charge in [0.25, 0.3) is 0 Å². The number of benzene rings is 1. The van der Waals surface area contributed by atoms with Crippen LogP contribution in [0.25, 0.3) is 0 Å². The Morgan fingerprint density at radius 1 is 1.23 bits per heavy atom. The second kappa shape index (κ2) is 14.6. The lowest BCUT2D eigenvalue weighted by Crippen LogP contribution is -2.46. The van der Waals surface area contributed by atoms with Gasteiger partial charge in [0, 0.05) is 0 Å². The summed E-state index contributed by atoms with van der Waals surface area (Å²) < 4.78 is 26.8. The maximum atomic E-state index is 11.6. The fourth-order valence-electron chi connectivity index (χ4n) is 3.93. The Labute approximate surface area is 188 Å². The standard InChI is InChI=1S/C23H38N2O5S/c1-2-3-7-22(31(28)29)25-21(23(26)27)17-19-8-10-20(11-9-19)30-16-5-4-6-18-12-14-24-15-13-18/h8-11,18,21-22,24-25H,2-7,12-17H2,1H3,(H,26,27)(H,28,29). The second-order valence-electron chi connectivity index (χ2n) is 8.35. The van der Waals surface area contributed by atoms with Gasteiger partial charge in [-0.15, -0.1) is 0 Å². The monoisotopic (exact) mass is 454 g/mol. The van der Waals surface area contributed by atoms with Gasteiger partial charge in [0.2, 0.25) is 0 Å². The van der Waals surface area contributed by atoms with E-state index in [0.717, 1.165) is 49.6 Å². The van der Waals surface area contributed by atoms with Crippen LogP contribution >= 0.6 is 0 Å². The number of carboxylic acid groups (broad SMARTS) is 1. The number of hydrogen-bond donors (Lipinski definition) is 4. The van der Waals surface area contributed by atoms with Crippen molar-refractivity contribution in [2.45, 2.75) is 76.1 Å². The number of piperidine rings is 1. The van der Waals surface area contributed by atoms with E-state index in [2.05, 4.69) is 10.6 Å². The molecule has 0 bridgehead atoms. The van der Waals surface area contributed by atoms with Crippen LogP contribution in [0.4, 0.5) is 0 Å². The van der Waals surface area contributed by atoms with Crippen molar-refractivity contribution in [2.24, 2.45) is 5.92 Å². The van der Waals surface area contributed by atoms with Gasteiger partial charge in [0.1, 0.15) is 17.2 Å². The van der Waals surface area contributed by atoms with Gasteiger partial charge in [0.15, 0.2) is 11.1 Å². The fourth-order valence-corrected chi connectivity index (χ4v) is 4.58. The summed E-state index contributed by atoms with van der Waals surface area (Å²) in [5.74, 6) is 0.602. The van der Waals surface area contributed by atoms with Crippen molar-refractivity contribution in [1.29, 1.82) is 0 Å². The third kappa shape index (κ3) is 10.1. The van der Waals surface area contributed by atoms with E-state index in [1.807, 2.05) is 31.2 Å². The highest BCUT2D eigenvalue weighted by Crippen LogP contribution is 2.19. The minimum absolute atomic E-state index is 0.242. The van der Waals surface area contributed by atoms with Crippen molar-refractivity contribution >= 4 is 17.0 Å². The first kappa shape index (κ1) is 25.8. The Hall–Kier alpha value is -1.48. The summed E-state index contributed by atoms with van der Waals surface area (Å²) in [5, 5.41) is 15.0. The van der Waals surface area contributed by atoms with Gasteiger partial charge >= 0.3 is 5.97 Å². The molecular weight excluding hydrogens is 416 g/mol. The van der Waals surface area contributed by atoms with Crippen molar-refractivity contribution < 1.29 is 23.4 Å². The summed E-state index contributed by atoms with van der Waals surface area (Å²) in [4.78, 5) is 11.6. The van der Waals surface area contributed by atoms with Crippen LogP contribution in [0.2, 0.25) is 0 Å². The van der Waals surface area contributed by atoms with Gasteiger partial charge in [-0.2, -0.15) is 0 Å². The Morgan fingerprint density at radius 2 is 1.94 bits per heavy atom.